The summed E-state index contributed by atoms with van der Waals surface area (Å²) < 4.78 is 4.79. The Balaban J connectivity index is 1.11. The second-order valence-corrected chi connectivity index (χ2v) is 17.1. The molecule has 0 atom stereocenters. The van der Waals surface area contributed by atoms with E-state index in [1.807, 2.05) is 24.4 Å². The fourth-order valence-electron chi connectivity index (χ4n) is 10.0. The molecule has 0 fully saturated rings. The standard InChI is InChI=1S/C62H41N5/c1-4-19-43(20-5-1)61-60(41-63-62(64-61)44-21-6-2-7-22-44)65(49-34-32-42-18-10-11-23-45(42)36-49)50-37-47(38-51(40-50)67-56-29-15-12-26-52(56)53-27-13-16-30-57(53)67)46-33-35-59-55(39-46)54-28-14-17-31-58(54)66(59)48-24-8-3-9-25-48/h1-41H. The summed E-state index contributed by atoms with van der Waals surface area (Å²) in [4.78, 5) is 12.9. The fraction of sp³-hybridized carbons (Fsp3) is 0. The second kappa shape index (κ2) is 15.9. The summed E-state index contributed by atoms with van der Waals surface area (Å²) in [5.74, 6) is 0.671. The molecule has 5 heteroatoms. The first kappa shape index (κ1) is 38.4. The van der Waals surface area contributed by atoms with Gasteiger partial charge in [-0.1, -0.05) is 170 Å². The molecular formula is C62H41N5. The molecule has 0 saturated heterocycles. The fourth-order valence-corrected chi connectivity index (χ4v) is 10.0. The van der Waals surface area contributed by atoms with Crippen molar-refractivity contribution in [3.05, 3.63) is 249 Å². The molecule has 67 heavy (non-hydrogen) atoms. The smallest absolute Gasteiger partial charge is 0.159 e. The first-order chi connectivity index (χ1) is 33.2. The zero-order chi connectivity index (χ0) is 44.3. The van der Waals surface area contributed by atoms with Gasteiger partial charge in [-0.15, -0.1) is 0 Å². The first-order valence-corrected chi connectivity index (χ1v) is 22.7. The summed E-state index contributed by atoms with van der Waals surface area (Å²) in [6, 6.07) is 86.8. The third kappa shape index (κ3) is 6.55. The van der Waals surface area contributed by atoms with E-state index >= 15 is 0 Å². The number of hydrogen-bond donors (Lipinski definition) is 0. The number of hydrogen-bond acceptors (Lipinski definition) is 3. The van der Waals surface area contributed by atoms with Gasteiger partial charge in [-0.3, -0.25) is 0 Å². The van der Waals surface area contributed by atoms with E-state index in [9.17, 15) is 0 Å². The summed E-state index contributed by atoms with van der Waals surface area (Å²) in [5.41, 5.74) is 14.7. The van der Waals surface area contributed by atoms with Crippen molar-refractivity contribution in [2.24, 2.45) is 0 Å². The number of rotatable bonds is 8. The third-order valence-corrected chi connectivity index (χ3v) is 13.1. The Morgan fingerprint density at radius 1 is 0.328 bits per heavy atom. The Morgan fingerprint density at radius 3 is 1.57 bits per heavy atom. The molecule has 0 aliphatic carbocycles. The van der Waals surface area contributed by atoms with Crippen LogP contribution in [0.5, 0.6) is 0 Å². The van der Waals surface area contributed by atoms with Gasteiger partial charge in [0.1, 0.15) is 0 Å². The average molecular weight is 856 g/mol. The predicted molar refractivity (Wildman–Crippen MR) is 279 cm³/mol. The maximum absolute atomic E-state index is 5.41. The summed E-state index contributed by atoms with van der Waals surface area (Å²) >= 11 is 0. The lowest BCUT2D eigenvalue weighted by atomic mass is 10.00. The number of anilines is 3. The third-order valence-electron chi connectivity index (χ3n) is 13.1. The molecule has 0 aliphatic rings. The van der Waals surface area contributed by atoms with Crippen LogP contribution in [0.2, 0.25) is 0 Å². The summed E-state index contributed by atoms with van der Waals surface area (Å²) in [5, 5.41) is 7.15. The Kier molecular flexibility index (Phi) is 9.10. The minimum atomic E-state index is 0.671. The number of para-hydroxylation sites is 4. The largest absolute Gasteiger partial charge is 0.309 e. The van der Waals surface area contributed by atoms with Crippen molar-refractivity contribution in [3.63, 3.8) is 0 Å². The van der Waals surface area contributed by atoms with Gasteiger partial charge >= 0.3 is 0 Å². The van der Waals surface area contributed by atoms with Crippen LogP contribution in [0.1, 0.15) is 0 Å². The number of fused-ring (bicyclic) bond motifs is 7. The molecule has 3 aromatic heterocycles. The van der Waals surface area contributed by atoms with Gasteiger partial charge in [0.15, 0.2) is 5.82 Å². The molecule has 0 saturated carbocycles. The molecular weight excluding hydrogens is 815 g/mol. The molecule has 0 bridgehead atoms. The number of benzene rings is 10. The van der Waals surface area contributed by atoms with E-state index in [0.717, 1.165) is 78.3 Å². The van der Waals surface area contributed by atoms with Crippen molar-refractivity contribution in [1.82, 2.24) is 19.1 Å². The van der Waals surface area contributed by atoms with Crippen LogP contribution in [0.3, 0.4) is 0 Å². The lowest BCUT2D eigenvalue weighted by Gasteiger charge is -2.29. The minimum absolute atomic E-state index is 0.671. The van der Waals surface area contributed by atoms with Crippen molar-refractivity contribution in [1.29, 1.82) is 0 Å². The van der Waals surface area contributed by atoms with Crippen LogP contribution in [0.15, 0.2) is 249 Å². The van der Waals surface area contributed by atoms with Crippen molar-refractivity contribution in [2.45, 2.75) is 0 Å². The second-order valence-electron chi connectivity index (χ2n) is 17.1. The lowest BCUT2D eigenvalue weighted by molar-refractivity contribution is 1.13. The van der Waals surface area contributed by atoms with Gasteiger partial charge in [0.2, 0.25) is 0 Å². The molecule has 0 unspecified atom stereocenters. The van der Waals surface area contributed by atoms with Crippen LogP contribution in [0, 0.1) is 0 Å². The summed E-state index contributed by atoms with van der Waals surface area (Å²) in [6.45, 7) is 0. The van der Waals surface area contributed by atoms with Crippen molar-refractivity contribution in [2.75, 3.05) is 4.90 Å². The van der Waals surface area contributed by atoms with Gasteiger partial charge in [0.05, 0.1) is 39.6 Å². The van der Waals surface area contributed by atoms with Crippen molar-refractivity contribution < 1.29 is 0 Å². The van der Waals surface area contributed by atoms with E-state index in [1.165, 1.54) is 32.4 Å². The number of aromatic nitrogens is 4. The molecule has 5 nitrogen and oxygen atoms in total. The normalized spacial score (nSPS) is 11.6. The monoisotopic (exact) mass is 855 g/mol. The van der Waals surface area contributed by atoms with E-state index in [-0.39, 0.29) is 0 Å². The molecule has 13 rings (SSSR count). The van der Waals surface area contributed by atoms with E-state index in [2.05, 4.69) is 238 Å². The van der Waals surface area contributed by atoms with Gasteiger partial charge in [-0.2, -0.15) is 0 Å². The van der Waals surface area contributed by atoms with Gasteiger partial charge < -0.3 is 14.0 Å². The lowest BCUT2D eigenvalue weighted by Crippen LogP contribution is -2.14. The van der Waals surface area contributed by atoms with E-state index in [4.69, 9.17) is 9.97 Å². The highest BCUT2D eigenvalue weighted by atomic mass is 15.2. The highest BCUT2D eigenvalue weighted by Gasteiger charge is 2.24. The molecule has 0 radical (unpaired) electrons. The Morgan fingerprint density at radius 2 is 0.881 bits per heavy atom. The quantitative estimate of drug-likeness (QED) is 0.153. The molecule has 314 valence electrons. The maximum Gasteiger partial charge on any atom is 0.159 e. The molecule has 0 aliphatic heterocycles. The van der Waals surface area contributed by atoms with Crippen molar-refractivity contribution in [3.8, 4) is 45.1 Å². The Hall–Kier alpha value is -9.06. The zero-order valence-corrected chi connectivity index (χ0v) is 36.4. The van der Waals surface area contributed by atoms with Crippen molar-refractivity contribution >= 4 is 71.4 Å². The summed E-state index contributed by atoms with van der Waals surface area (Å²) in [6.07, 6.45) is 2.00. The molecule has 13 aromatic rings. The number of nitrogens with zero attached hydrogens (tertiary/aromatic N) is 5. The van der Waals surface area contributed by atoms with Gasteiger partial charge in [0.25, 0.3) is 0 Å². The molecule has 0 amide bonds. The molecule has 0 spiro atoms. The van der Waals surface area contributed by atoms with E-state index in [0.29, 0.717) is 5.82 Å². The first-order valence-electron chi connectivity index (χ1n) is 22.7. The average Bonchev–Trinajstić information content (AvgIpc) is 3.92. The topological polar surface area (TPSA) is 38.9 Å². The van der Waals surface area contributed by atoms with E-state index in [1.54, 1.807) is 0 Å². The van der Waals surface area contributed by atoms with Gasteiger partial charge in [-0.05, 0) is 94.7 Å². The summed E-state index contributed by atoms with van der Waals surface area (Å²) in [7, 11) is 0. The molecule has 3 heterocycles. The Labute approximate surface area is 387 Å². The highest BCUT2D eigenvalue weighted by Crippen LogP contribution is 2.45. The van der Waals surface area contributed by atoms with Crippen LogP contribution in [0.4, 0.5) is 17.1 Å². The van der Waals surface area contributed by atoms with Crippen LogP contribution < -0.4 is 4.90 Å². The minimum Gasteiger partial charge on any atom is -0.309 e. The Bertz CT molecular complexity index is 3930. The SMILES string of the molecule is c1ccc(-c2ncc(N(c3cc(-c4ccc5c(c4)c4ccccc4n5-c4ccccc4)cc(-n4c5ccccc5c5ccccc54)c3)c3ccc4ccccc4c3)c(-c3ccccc3)n2)cc1. The molecule has 0 N–H and O–H groups in total. The van der Waals surface area contributed by atoms with Crippen LogP contribution >= 0.6 is 0 Å². The predicted octanol–water partition coefficient (Wildman–Crippen LogP) is 16.3. The van der Waals surface area contributed by atoms with Gasteiger partial charge in [0, 0.05) is 55.4 Å². The van der Waals surface area contributed by atoms with Crippen LogP contribution in [-0.2, 0) is 0 Å². The highest BCUT2D eigenvalue weighted by molar-refractivity contribution is 6.11. The van der Waals surface area contributed by atoms with Gasteiger partial charge in [-0.25, -0.2) is 9.97 Å². The van der Waals surface area contributed by atoms with Crippen LogP contribution in [-0.4, -0.2) is 19.1 Å². The van der Waals surface area contributed by atoms with E-state index < -0.39 is 0 Å². The van der Waals surface area contributed by atoms with Crippen LogP contribution in [0.25, 0.3) is 99.5 Å². The molecule has 10 aromatic carbocycles. The maximum atomic E-state index is 5.41. The zero-order valence-electron chi connectivity index (χ0n) is 36.4.